The topological polar surface area (TPSA) is 101 Å². The third-order valence-electron chi connectivity index (χ3n) is 4.19. The number of nitro groups is 1. The number of aromatic nitrogens is 2. The first kappa shape index (κ1) is 16.1. The van der Waals surface area contributed by atoms with Crippen LogP contribution in [0.1, 0.15) is 39.8 Å². The molecule has 2 aromatic rings. The van der Waals surface area contributed by atoms with Crippen molar-refractivity contribution in [2.24, 2.45) is 0 Å². The normalized spacial score (nSPS) is 16.5. The van der Waals surface area contributed by atoms with Gasteiger partial charge < -0.3 is 9.64 Å². The Balaban J connectivity index is 2.03. The average Bonchev–Trinajstić information content (AvgIpc) is 3.07. The van der Waals surface area contributed by atoms with Gasteiger partial charge in [0, 0.05) is 43.7 Å². The molecule has 0 saturated heterocycles. The van der Waals surface area contributed by atoms with Crippen molar-refractivity contribution in [3.05, 3.63) is 56.9 Å². The van der Waals surface area contributed by atoms with Crippen molar-refractivity contribution in [2.75, 3.05) is 20.3 Å². The minimum atomic E-state index is -0.432. The molecule has 0 radical (unpaired) electrons. The lowest BCUT2D eigenvalue weighted by Gasteiger charge is -2.26. The Morgan fingerprint density at radius 3 is 2.96 bits per heavy atom. The highest BCUT2D eigenvalue weighted by molar-refractivity contribution is 5.98. The Hall–Kier alpha value is -2.74. The minimum absolute atomic E-state index is 0.00592. The van der Waals surface area contributed by atoms with Gasteiger partial charge in [0.15, 0.2) is 5.69 Å². The fraction of sp³-hybridized carbons (Fsp3) is 0.375. The van der Waals surface area contributed by atoms with Crippen molar-refractivity contribution >= 4 is 11.6 Å². The Kier molecular flexibility index (Phi) is 4.30. The molecule has 0 spiro atoms. The molecule has 1 amide bonds. The van der Waals surface area contributed by atoms with Crippen LogP contribution in [-0.2, 0) is 4.74 Å². The molecule has 1 aliphatic rings. The number of benzene rings is 1. The lowest BCUT2D eigenvalue weighted by molar-refractivity contribution is -0.384. The smallest absolute Gasteiger partial charge is 0.275 e. The molecule has 8 heteroatoms. The summed E-state index contributed by atoms with van der Waals surface area (Å²) in [5.74, 6) is -0.165. The monoisotopic (exact) mass is 330 g/mol. The van der Waals surface area contributed by atoms with E-state index in [1.54, 1.807) is 24.1 Å². The summed E-state index contributed by atoms with van der Waals surface area (Å²) in [4.78, 5) is 25.0. The van der Waals surface area contributed by atoms with Gasteiger partial charge in [-0.15, -0.1) is 0 Å². The molecule has 126 valence electrons. The van der Waals surface area contributed by atoms with Crippen molar-refractivity contribution in [1.29, 1.82) is 0 Å². The second-order valence-electron chi connectivity index (χ2n) is 5.71. The molecular weight excluding hydrogens is 312 g/mol. The molecule has 0 fully saturated rings. The van der Waals surface area contributed by atoms with Crippen LogP contribution in [0.3, 0.4) is 0 Å². The summed E-state index contributed by atoms with van der Waals surface area (Å²) >= 11 is 0. The van der Waals surface area contributed by atoms with Gasteiger partial charge in [-0.25, -0.2) is 0 Å². The van der Waals surface area contributed by atoms with E-state index in [2.05, 4.69) is 10.2 Å². The number of methoxy groups -OCH3 is 1. The van der Waals surface area contributed by atoms with E-state index < -0.39 is 4.92 Å². The van der Waals surface area contributed by atoms with Crippen molar-refractivity contribution in [1.82, 2.24) is 15.1 Å². The van der Waals surface area contributed by atoms with E-state index in [0.717, 1.165) is 11.3 Å². The van der Waals surface area contributed by atoms with Crippen LogP contribution in [0, 0.1) is 17.0 Å². The Bertz CT molecular complexity index is 786. The minimum Gasteiger partial charge on any atom is -0.385 e. The number of non-ortho nitro benzene ring substituents is 1. The van der Waals surface area contributed by atoms with E-state index in [9.17, 15) is 14.9 Å². The molecule has 1 atom stereocenters. The number of rotatable bonds is 6. The molecule has 8 nitrogen and oxygen atoms in total. The number of fused-ring (bicyclic) bond motifs is 1. The quantitative estimate of drug-likeness (QED) is 0.497. The zero-order valence-electron chi connectivity index (χ0n) is 13.5. The number of aromatic amines is 1. The Morgan fingerprint density at radius 2 is 2.25 bits per heavy atom. The van der Waals surface area contributed by atoms with E-state index >= 15 is 0 Å². The fourth-order valence-corrected chi connectivity index (χ4v) is 3.11. The maximum Gasteiger partial charge on any atom is 0.275 e. The number of H-pyrrole nitrogens is 1. The maximum absolute atomic E-state index is 12.7. The van der Waals surface area contributed by atoms with Crippen LogP contribution in [0.5, 0.6) is 0 Å². The molecule has 1 N–H and O–H groups in total. The highest BCUT2D eigenvalue weighted by Crippen LogP contribution is 2.40. The molecule has 0 saturated carbocycles. The summed E-state index contributed by atoms with van der Waals surface area (Å²) in [6.45, 7) is 2.88. The van der Waals surface area contributed by atoms with E-state index in [1.807, 2.05) is 6.92 Å². The van der Waals surface area contributed by atoms with Crippen LogP contribution in [0.15, 0.2) is 24.3 Å². The number of hydrogen-bond acceptors (Lipinski definition) is 5. The maximum atomic E-state index is 12.7. The van der Waals surface area contributed by atoms with Gasteiger partial charge >= 0.3 is 0 Å². The Morgan fingerprint density at radius 1 is 1.46 bits per heavy atom. The second kappa shape index (κ2) is 6.40. The third-order valence-corrected chi connectivity index (χ3v) is 4.19. The number of carbonyl (C=O) groups excluding carboxylic acids is 1. The standard InChI is InChI=1S/C16H18N4O4/c1-10-13-14(18-17-10)16(21)19(7-4-8-24-2)15(13)11-5-3-6-12(9-11)20(22)23/h3,5-6,9,15H,4,7-8H2,1-2H3,(H,17,18). The van der Waals surface area contributed by atoms with E-state index in [0.29, 0.717) is 30.8 Å². The molecule has 3 rings (SSSR count). The van der Waals surface area contributed by atoms with Crippen molar-refractivity contribution < 1.29 is 14.5 Å². The lowest BCUT2D eigenvalue weighted by Crippen LogP contribution is -2.31. The number of nitrogens with zero attached hydrogens (tertiary/aromatic N) is 3. The lowest BCUT2D eigenvalue weighted by atomic mass is 9.98. The molecule has 24 heavy (non-hydrogen) atoms. The number of hydrogen-bond donors (Lipinski definition) is 1. The predicted octanol–water partition coefficient (Wildman–Crippen LogP) is 2.21. The summed E-state index contributed by atoms with van der Waals surface area (Å²) in [5.41, 5.74) is 2.69. The first-order valence-corrected chi connectivity index (χ1v) is 7.63. The first-order valence-electron chi connectivity index (χ1n) is 7.63. The molecule has 2 heterocycles. The number of amides is 1. The van der Waals surface area contributed by atoms with Crippen LogP contribution in [0.4, 0.5) is 5.69 Å². The predicted molar refractivity (Wildman–Crippen MR) is 85.8 cm³/mol. The van der Waals surface area contributed by atoms with E-state index in [4.69, 9.17) is 4.74 Å². The van der Waals surface area contributed by atoms with E-state index in [1.165, 1.54) is 12.1 Å². The molecule has 0 bridgehead atoms. The molecule has 1 aromatic carbocycles. The van der Waals surface area contributed by atoms with Crippen molar-refractivity contribution in [3.8, 4) is 0 Å². The first-order chi connectivity index (χ1) is 11.5. The van der Waals surface area contributed by atoms with Crippen molar-refractivity contribution in [2.45, 2.75) is 19.4 Å². The zero-order chi connectivity index (χ0) is 17.3. The van der Waals surface area contributed by atoms with Crippen LogP contribution in [-0.4, -0.2) is 46.2 Å². The van der Waals surface area contributed by atoms with Gasteiger partial charge in [-0.3, -0.25) is 20.0 Å². The van der Waals surface area contributed by atoms with Gasteiger partial charge in [0.2, 0.25) is 0 Å². The summed E-state index contributed by atoms with van der Waals surface area (Å²) in [6.07, 6.45) is 0.681. The summed E-state index contributed by atoms with van der Waals surface area (Å²) in [6, 6.07) is 6.03. The van der Waals surface area contributed by atoms with Gasteiger partial charge in [0.25, 0.3) is 11.6 Å². The second-order valence-corrected chi connectivity index (χ2v) is 5.71. The number of nitrogens with one attached hydrogen (secondary N) is 1. The molecule has 1 unspecified atom stereocenters. The largest absolute Gasteiger partial charge is 0.385 e. The van der Waals surface area contributed by atoms with Gasteiger partial charge in [0.05, 0.1) is 11.0 Å². The summed E-state index contributed by atoms with van der Waals surface area (Å²) in [7, 11) is 1.61. The number of carbonyl (C=O) groups is 1. The van der Waals surface area contributed by atoms with Crippen LogP contribution >= 0.6 is 0 Å². The van der Waals surface area contributed by atoms with Gasteiger partial charge in [0.1, 0.15) is 0 Å². The molecular formula is C16H18N4O4. The summed E-state index contributed by atoms with van der Waals surface area (Å²) in [5, 5.41) is 18.0. The number of ether oxygens (including phenoxy) is 1. The molecule has 1 aromatic heterocycles. The zero-order valence-corrected chi connectivity index (χ0v) is 13.5. The van der Waals surface area contributed by atoms with Gasteiger partial charge in [-0.1, -0.05) is 12.1 Å². The average molecular weight is 330 g/mol. The SMILES string of the molecule is COCCCN1C(=O)c2n[nH]c(C)c2C1c1cccc([N+](=O)[O-])c1. The third kappa shape index (κ3) is 2.65. The Labute approximate surface area is 138 Å². The van der Waals surface area contributed by atoms with Gasteiger partial charge in [-0.2, -0.15) is 5.10 Å². The highest BCUT2D eigenvalue weighted by Gasteiger charge is 2.41. The van der Waals surface area contributed by atoms with Crippen molar-refractivity contribution in [3.63, 3.8) is 0 Å². The van der Waals surface area contributed by atoms with Crippen LogP contribution < -0.4 is 0 Å². The fourth-order valence-electron chi connectivity index (χ4n) is 3.11. The summed E-state index contributed by atoms with van der Waals surface area (Å²) < 4.78 is 5.06. The molecule has 1 aliphatic heterocycles. The number of aryl methyl sites for hydroxylation is 1. The number of nitro benzene ring substituents is 1. The van der Waals surface area contributed by atoms with E-state index in [-0.39, 0.29) is 17.6 Å². The van der Waals surface area contributed by atoms with Gasteiger partial charge in [-0.05, 0) is 18.9 Å². The van der Waals surface area contributed by atoms with Crippen LogP contribution in [0.2, 0.25) is 0 Å². The highest BCUT2D eigenvalue weighted by atomic mass is 16.6. The molecule has 0 aliphatic carbocycles. The van der Waals surface area contributed by atoms with Crippen LogP contribution in [0.25, 0.3) is 0 Å².